The third kappa shape index (κ3) is 8.18. The molecule has 0 aliphatic heterocycles. The quantitative estimate of drug-likeness (QED) is 0.608. The highest BCUT2D eigenvalue weighted by atomic mass is 16.5. The molecule has 0 aliphatic carbocycles. The Hall–Kier alpha value is -0.650. The second-order valence-electron chi connectivity index (χ2n) is 5.58. The fourth-order valence-corrected chi connectivity index (χ4v) is 1.82. The van der Waals surface area contributed by atoms with E-state index in [1.807, 2.05) is 0 Å². The van der Waals surface area contributed by atoms with Crippen molar-refractivity contribution in [3.8, 4) is 0 Å². The minimum absolute atomic E-state index is 0.328. The number of hydrogen-bond acceptors (Lipinski definition) is 5. The van der Waals surface area contributed by atoms with Crippen LogP contribution in [0.2, 0.25) is 0 Å². The van der Waals surface area contributed by atoms with Crippen molar-refractivity contribution < 1.29 is 14.3 Å². The van der Waals surface area contributed by atoms with E-state index in [2.05, 4.69) is 18.7 Å². The van der Waals surface area contributed by atoms with Crippen LogP contribution >= 0.6 is 0 Å². The zero-order valence-electron chi connectivity index (χ0n) is 13.1. The second-order valence-corrected chi connectivity index (χ2v) is 5.58. The van der Waals surface area contributed by atoms with E-state index in [4.69, 9.17) is 15.2 Å². The Kier molecular flexibility index (Phi) is 8.97. The van der Waals surface area contributed by atoms with E-state index >= 15 is 0 Å². The summed E-state index contributed by atoms with van der Waals surface area (Å²) in [4.78, 5) is 14.0. The normalized spacial score (nSPS) is 14.7. The van der Waals surface area contributed by atoms with Gasteiger partial charge in [0, 0.05) is 26.7 Å². The van der Waals surface area contributed by atoms with Crippen LogP contribution < -0.4 is 5.73 Å². The van der Waals surface area contributed by atoms with E-state index in [-0.39, 0.29) is 5.97 Å². The van der Waals surface area contributed by atoms with Crippen LogP contribution in [0.1, 0.15) is 34.1 Å². The number of carbonyl (C=O) groups is 1. The Labute approximate surface area is 117 Å². The topological polar surface area (TPSA) is 64.8 Å². The van der Waals surface area contributed by atoms with Crippen molar-refractivity contribution in [1.82, 2.24) is 4.90 Å². The first-order valence-electron chi connectivity index (χ1n) is 7.00. The molecule has 0 radical (unpaired) electrons. The van der Waals surface area contributed by atoms with Gasteiger partial charge in [0.15, 0.2) is 0 Å². The highest BCUT2D eigenvalue weighted by Gasteiger charge is 2.30. The monoisotopic (exact) mass is 274 g/mol. The molecule has 0 bridgehead atoms. The van der Waals surface area contributed by atoms with Crippen LogP contribution in [0.3, 0.4) is 0 Å². The summed E-state index contributed by atoms with van der Waals surface area (Å²) < 4.78 is 10.1. The smallest absolute Gasteiger partial charge is 0.325 e. The summed E-state index contributed by atoms with van der Waals surface area (Å²) in [7, 11) is 1.69. The minimum Gasteiger partial charge on any atom is -0.465 e. The largest absolute Gasteiger partial charge is 0.465 e. The number of carbonyl (C=O) groups excluding carboxylic acids is 1. The zero-order valence-corrected chi connectivity index (χ0v) is 13.1. The van der Waals surface area contributed by atoms with E-state index in [0.717, 1.165) is 19.6 Å². The fourth-order valence-electron chi connectivity index (χ4n) is 1.82. The van der Waals surface area contributed by atoms with Gasteiger partial charge in [-0.15, -0.1) is 0 Å². The molecule has 5 nitrogen and oxygen atoms in total. The maximum absolute atomic E-state index is 11.7. The molecule has 0 aliphatic rings. The first kappa shape index (κ1) is 18.4. The molecular weight excluding hydrogens is 244 g/mol. The summed E-state index contributed by atoms with van der Waals surface area (Å²) >= 11 is 0. The van der Waals surface area contributed by atoms with E-state index in [1.165, 1.54) is 0 Å². The van der Waals surface area contributed by atoms with Gasteiger partial charge >= 0.3 is 5.97 Å². The minimum atomic E-state index is -0.918. The van der Waals surface area contributed by atoms with E-state index in [0.29, 0.717) is 25.6 Å². The third-order valence-electron chi connectivity index (χ3n) is 2.92. The number of methoxy groups -OCH3 is 1. The van der Waals surface area contributed by atoms with Gasteiger partial charge in [0.25, 0.3) is 0 Å². The second kappa shape index (κ2) is 9.28. The van der Waals surface area contributed by atoms with Gasteiger partial charge in [-0.05, 0) is 26.2 Å². The Morgan fingerprint density at radius 2 is 2.00 bits per heavy atom. The highest BCUT2D eigenvalue weighted by Crippen LogP contribution is 2.11. The van der Waals surface area contributed by atoms with Gasteiger partial charge in [0.05, 0.1) is 13.2 Å². The molecule has 2 N–H and O–H groups in total. The van der Waals surface area contributed by atoms with Crippen LogP contribution in [0.15, 0.2) is 0 Å². The van der Waals surface area contributed by atoms with E-state index in [1.54, 1.807) is 21.0 Å². The molecule has 1 atom stereocenters. The van der Waals surface area contributed by atoms with Crippen LogP contribution in [0.25, 0.3) is 0 Å². The predicted molar refractivity (Wildman–Crippen MR) is 77.0 cm³/mol. The number of hydrogen-bond donors (Lipinski definition) is 1. The molecular formula is C14H30N2O3. The van der Waals surface area contributed by atoms with Crippen molar-refractivity contribution in [3.63, 3.8) is 0 Å². The van der Waals surface area contributed by atoms with Gasteiger partial charge in [-0.3, -0.25) is 4.79 Å². The molecule has 0 rings (SSSR count). The molecule has 0 fully saturated rings. The van der Waals surface area contributed by atoms with Gasteiger partial charge in [-0.25, -0.2) is 0 Å². The van der Waals surface area contributed by atoms with Crippen molar-refractivity contribution in [2.75, 3.05) is 40.0 Å². The van der Waals surface area contributed by atoms with Crippen LogP contribution in [0, 0.1) is 5.92 Å². The molecule has 1 unspecified atom stereocenters. The summed E-state index contributed by atoms with van der Waals surface area (Å²) in [6.45, 7) is 11.5. The number of ether oxygens (including phenoxy) is 2. The molecule has 5 heteroatoms. The van der Waals surface area contributed by atoms with Crippen LogP contribution in [0.4, 0.5) is 0 Å². The third-order valence-corrected chi connectivity index (χ3v) is 2.92. The molecule has 19 heavy (non-hydrogen) atoms. The van der Waals surface area contributed by atoms with Gasteiger partial charge in [0.2, 0.25) is 0 Å². The van der Waals surface area contributed by atoms with Gasteiger partial charge in [-0.1, -0.05) is 13.8 Å². The van der Waals surface area contributed by atoms with E-state index in [9.17, 15) is 4.79 Å². The molecule has 114 valence electrons. The lowest BCUT2D eigenvalue weighted by Crippen LogP contribution is -2.49. The lowest BCUT2D eigenvalue weighted by Gasteiger charge is -2.28. The lowest BCUT2D eigenvalue weighted by molar-refractivity contribution is -0.149. The summed E-state index contributed by atoms with van der Waals surface area (Å²) in [5.41, 5.74) is 5.10. The predicted octanol–water partition coefficient (Wildman–Crippen LogP) is 1.26. The number of rotatable bonds is 10. The highest BCUT2D eigenvalue weighted by molar-refractivity contribution is 5.79. The standard InChI is InChI=1S/C14H30N2O3/c1-6-19-13(17)14(4,15)7-8-16(9-10-18-5)11-12(2)3/h12H,6-11,15H2,1-5H3. The maximum Gasteiger partial charge on any atom is 0.325 e. The zero-order chi connectivity index (χ0) is 14.9. The number of esters is 1. The van der Waals surface area contributed by atoms with Crippen molar-refractivity contribution in [2.24, 2.45) is 11.7 Å². The number of nitrogens with zero attached hydrogens (tertiary/aromatic N) is 1. The van der Waals surface area contributed by atoms with E-state index < -0.39 is 5.54 Å². The summed E-state index contributed by atoms with van der Waals surface area (Å²) in [6.07, 6.45) is 0.586. The average Bonchev–Trinajstić information content (AvgIpc) is 2.32. The summed E-state index contributed by atoms with van der Waals surface area (Å²) in [6, 6.07) is 0. The molecule has 0 amide bonds. The first-order chi connectivity index (χ1) is 8.83. The van der Waals surface area contributed by atoms with Crippen LogP contribution in [-0.4, -0.2) is 56.4 Å². The van der Waals surface area contributed by atoms with Crippen molar-refractivity contribution >= 4 is 5.97 Å². The first-order valence-corrected chi connectivity index (χ1v) is 7.00. The molecule has 0 saturated heterocycles. The molecule has 0 heterocycles. The Morgan fingerprint density at radius 3 is 2.47 bits per heavy atom. The SMILES string of the molecule is CCOC(=O)C(C)(N)CCN(CCOC)CC(C)C. The fraction of sp³-hybridized carbons (Fsp3) is 0.929. The van der Waals surface area contributed by atoms with Crippen LogP contribution in [-0.2, 0) is 14.3 Å². The van der Waals surface area contributed by atoms with Crippen LogP contribution in [0.5, 0.6) is 0 Å². The average molecular weight is 274 g/mol. The van der Waals surface area contributed by atoms with Gasteiger partial charge in [-0.2, -0.15) is 0 Å². The summed E-state index contributed by atoms with van der Waals surface area (Å²) in [5, 5.41) is 0. The Bertz CT molecular complexity index is 255. The summed E-state index contributed by atoms with van der Waals surface area (Å²) in [5.74, 6) is 0.245. The molecule has 0 aromatic heterocycles. The van der Waals surface area contributed by atoms with Gasteiger partial charge in [0.1, 0.15) is 5.54 Å². The van der Waals surface area contributed by atoms with Crippen molar-refractivity contribution in [2.45, 2.75) is 39.7 Å². The maximum atomic E-state index is 11.7. The van der Waals surface area contributed by atoms with Crippen molar-refractivity contribution in [3.05, 3.63) is 0 Å². The Balaban J connectivity index is 4.30. The lowest BCUT2D eigenvalue weighted by atomic mass is 9.99. The van der Waals surface area contributed by atoms with Gasteiger partial charge < -0.3 is 20.1 Å². The Morgan fingerprint density at radius 1 is 1.37 bits per heavy atom. The molecule has 0 aromatic rings. The number of nitrogens with two attached hydrogens (primary N) is 1. The molecule has 0 saturated carbocycles. The van der Waals surface area contributed by atoms with Crippen molar-refractivity contribution in [1.29, 1.82) is 0 Å². The molecule has 0 spiro atoms. The molecule has 0 aromatic carbocycles.